The summed E-state index contributed by atoms with van der Waals surface area (Å²) < 4.78 is 0.694. The normalized spacial score (nSPS) is 12.3. The number of nitrogens with zero attached hydrogens (tertiary/aromatic N) is 3. The molecule has 0 aliphatic carbocycles. The summed E-state index contributed by atoms with van der Waals surface area (Å²) in [6.07, 6.45) is 1.45. The van der Waals surface area contributed by atoms with Gasteiger partial charge in [0, 0.05) is 12.1 Å². The van der Waals surface area contributed by atoms with E-state index >= 15 is 0 Å². The van der Waals surface area contributed by atoms with Crippen molar-refractivity contribution in [3.05, 3.63) is 50.8 Å². The van der Waals surface area contributed by atoms with E-state index in [1.54, 1.807) is 0 Å². The molecular formula is C13H12BrCl2N3. The van der Waals surface area contributed by atoms with Crippen LogP contribution in [0.3, 0.4) is 0 Å². The van der Waals surface area contributed by atoms with Crippen molar-refractivity contribution >= 4 is 44.9 Å². The maximum atomic E-state index is 5.99. The van der Waals surface area contributed by atoms with Gasteiger partial charge in [0.2, 0.25) is 0 Å². The molecule has 1 aromatic carbocycles. The highest BCUT2D eigenvalue weighted by Crippen LogP contribution is 2.33. The molecule has 2 rings (SSSR count). The summed E-state index contributed by atoms with van der Waals surface area (Å²) in [7, 11) is 1.96. The molecule has 0 amide bonds. The van der Waals surface area contributed by atoms with Gasteiger partial charge in [-0.05, 0) is 40.5 Å². The minimum atomic E-state index is 0.138. The predicted octanol–water partition coefficient (Wildman–Crippen LogP) is 4.74. The van der Waals surface area contributed by atoms with E-state index < -0.39 is 0 Å². The van der Waals surface area contributed by atoms with Crippen molar-refractivity contribution in [3.63, 3.8) is 0 Å². The van der Waals surface area contributed by atoms with Crippen molar-refractivity contribution in [2.75, 3.05) is 11.9 Å². The van der Waals surface area contributed by atoms with Crippen LogP contribution in [0.15, 0.2) is 35.1 Å². The molecule has 0 aliphatic rings. The van der Waals surface area contributed by atoms with E-state index in [2.05, 4.69) is 32.8 Å². The lowest BCUT2D eigenvalue weighted by atomic mass is 10.1. The van der Waals surface area contributed by atoms with Gasteiger partial charge in [-0.15, -0.1) is 0 Å². The molecule has 0 saturated heterocycles. The standard InChI is InChI=1S/C13H12BrCl2N3/c1-8(9-3-5-10(15)6-4-9)19(2)13-11(14)12(16)17-7-18-13/h3-8H,1-2H3. The highest BCUT2D eigenvalue weighted by atomic mass is 79.9. The van der Waals surface area contributed by atoms with Crippen LogP contribution in [0, 0.1) is 0 Å². The first-order valence-corrected chi connectivity index (χ1v) is 7.20. The van der Waals surface area contributed by atoms with Crippen LogP contribution in [-0.2, 0) is 0 Å². The zero-order valence-electron chi connectivity index (χ0n) is 10.4. The summed E-state index contributed by atoms with van der Waals surface area (Å²) in [6, 6.07) is 7.90. The highest BCUT2D eigenvalue weighted by Gasteiger charge is 2.17. The highest BCUT2D eigenvalue weighted by molar-refractivity contribution is 9.10. The van der Waals surface area contributed by atoms with Crippen molar-refractivity contribution in [2.24, 2.45) is 0 Å². The second-order valence-electron chi connectivity index (χ2n) is 4.14. The van der Waals surface area contributed by atoms with Gasteiger partial charge in [0.05, 0.1) is 10.5 Å². The monoisotopic (exact) mass is 359 g/mol. The number of hydrogen-bond donors (Lipinski definition) is 0. The van der Waals surface area contributed by atoms with Gasteiger partial charge in [0.15, 0.2) is 0 Å². The molecule has 0 spiro atoms. The zero-order chi connectivity index (χ0) is 14.0. The Morgan fingerprint density at radius 3 is 2.42 bits per heavy atom. The van der Waals surface area contributed by atoms with Crippen LogP contribution in [0.25, 0.3) is 0 Å². The maximum absolute atomic E-state index is 5.99. The van der Waals surface area contributed by atoms with Crippen LogP contribution in [0.4, 0.5) is 5.82 Å². The molecule has 19 heavy (non-hydrogen) atoms. The summed E-state index contributed by atoms with van der Waals surface area (Å²) in [6.45, 7) is 2.09. The lowest BCUT2D eigenvalue weighted by Gasteiger charge is -2.27. The zero-order valence-corrected chi connectivity index (χ0v) is 13.5. The van der Waals surface area contributed by atoms with Crippen LogP contribution in [0.2, 0.25) is 10.2 Å². The van der Waals surface area contributed by atoms with E-state index in [1.807, 2.05) is 36.2 Å². The Kier molecular flexibility index (Phi) is 4.66. The summed E-state index contributed by atoms with van der Waals surface area (Å²) in [4.78, 5) is 10.2. The summed E-state index contributed by atoms with van der Waals surface area (Å²) >= 11 is 15.3. The Morgan fingerprint density at radius 1 is 1.16 bits per heavy atom. The molecule has 1 heterocycles. The second-order valence-corrected chi connectivity index (χ2v) is 5.73. The van der Waals surface area contributed by atoms with Crippen LogP contribution in [0.5, 0.6) is 0 Å². The van der Waals surface area contributed by atoms with Gasteiger partial charge in [0.1, 0.15) is 17.3 Å². The number of halogens is 3. The molecule has 0 aliphatic heterocycles. The Hall–Kier alpha value is -0.840. The molecule has 100 valence electrons. The fourth-order valence-electron chi connectivity index (χ4n) is 1.73. The third kappa shape index (κ3) is 3.19. The number of aromatic nitrogens is 2. The molecule has 3 nitrogen and oxygen atoms in total. The topological polar surface area (TPSA) is 29.0 Å². The van der Waals surface area contributed by atoms with Gasteiger partial charge in [-0.25, -0.2) is 9.97 Å². The average Bonchev–Trinajstić information content (AvgIpc) is 2.41. The number of benzene rings is 1. The van der Waals surface area contributed by atoms with Gasteiger partial charge < -0.3 is 4.90 Å². The SMILES string of the molecule is CC(c1ccc(Cl)cc1)N(C)c1ncnc(Cl)c1Br. The molecule has 0 radical (unpaired) electrons. The van der Waals surface area contributed by atoms with Crippen molar-refractivity contribution in [1.82, 2.24) is 9.97 Å². The second kappa shape index (κ2) is 6.07. The largest absolute Gasteiger partial charge is 0.352 e. The van der Waals surface area contributed by atoms with E-state index in [1.165, 1.54) is 6.33 Å². The average molecular weight is 361 g/mol. The van der Waals surface area contributed by atoms with E-state index in [9.17, 15) is 0 Å². The van der Waals surface area contributed by atoms with Gasteiger partial charge in [-0.1, -0.05) is 35.3 Å². The minimum absolute atomic E-state index is 0.138. The quantitative estimate of drug-likeness (QED) is 0.740. The third-order valence-electron chi connectivity index (χ3n) is 3.00. The fourth-order valence-corrected chi connectivity index (χ4v) is 2.47. The maximum Gasteiger partial charge on any atom is 0.148 e. The molecular weight excluding hydrogens is 349 g/mol. The van der Waals surface area contributed by atoms with Crippen molar-refractivity contribution in [2.45, 2.75) is 13.0 Å². The Balaban J connectivity index is 2.30. The summed E-state index contributed by atoms with van der Waals surface area (Å²) in [5.74, 6) is 0.752. The van der Waals surface area contributed by atoms with Crippen LogP contribution in [0.1, 0.15) is 18.5 Å². The van der Waals surface area contributed by atoms with Crippen LogP contribution >= 0.6 is 39.1 Å². The molecule has 0 saturated carbocycles. The summed E-state index contributed by atoms with van der Waals surface area (Å²) in [5, 5.41) is 1.13. The minimum Gasteiger partial charge on any atom is -0.352 e. The van der Waals surface area contributed by atoms with Gasteiger partial charge >= 0.3 is 0 Å². The van der Waals surface area contributed by atoms with Crippen molar-refractivity contribution < 1.29 is 0 Å². The smallest absolute Gasteiger partial charge is 0.148 e. The predicted molar refractivity (Wildman–Crippen MR) is 83.0 cm³/mol. The van der Waals surface area contributed by atoms with Crippen molar-refractivity contribution in [3.8, 4) is 0 Å². The first kappa shape index (κ1) is 14.6. The lowest BCUT2D eigenvalue weighted by Crippen LogP contribution is -2.23. The molecule has 1 atom stereocenters. The molecule has 0 N–H and O–H groups in total. The third-order valence-corrected chi connectivity index (χ3v) is 4.49. The van der Waals surface area contributed by atoms with Gasteiger partial charge in [0.25, 0.3) is 0 Å². The van der Waals surface area contributed by atoms with Crippen LogP contribution < -0.4 is 4.90 Å². The summed E-state index contributed by atoms with van der Waals surface area (Å²) in [5.41, 5.74) is 1.15. The fraction of sp³-hybridized carbons (Fsp3) is 0.231. The molecule has 0 bridgehead atoms. The molecule has 0 fully saturated rings. The first-order chi connectivity index (χ1) is 9.00. The van der Waals surface area contributed by atoms with E-state index in [0.29, 0.717) is 9.63 Å². The lowest BCUT2D eigenvalue weighted by molar-refractivity contribution is 0.725. The number of rotatable bonds is 3. The van der Waals surface area contributed by atoms with Crippen molar-refractivity contribution in [1.29, 1.82) is 0 Å². The van der Waals surface area contributed by atoms with Crippen LogP contribution in [-0.4, -0.2) is 17.0 Å². The molecule has 1 unspecified atom stereocenters. The van der Waals surface area contributed by atoms with Gasteiger partial charge in [-0.3, -0.25) is 0 Å². The number of anilines is 1. The van der Waals surface area contributed by atoms with E-state index in [4.69, 9.17) is 23.2 Å². The Bertz CT molecular complexity index is 575. The van der Waals surface area contributed by atoms with E-state index in [-0.39, 0.29) is 6.04 Å². The Morgan fingerprint density at radius 2 is 1.79 bits per heavy atom. The van der Waals surface area contributed by atoms with E-state index in [0.717, 1.165) is 16.4 Å². The molecule has 1 aromatic heterocycles. The number of hydrogen-bond acceptors (Lipinski definition) is 3. The Labute approximate surface area is 130 Å². The molecule has 2 aromatic rings. The van der Waals surface area contributed by atoms with Gasteiger partial charge in [-0.2, -0.15) is 0 Å². The molecule has 6 heteroatoms. The first-order valence-electron chi connectivity index (χ1n) is 5.65.